The number of carbonyl (C=O) groups is 1. The highest BCUT2D eigenvalue weighted by atomic mass is 16.3. The molecule has 156 valence electrons. The molecule has 5 rings (SSSR count). The zero-order valence-electron chi connectivity index (χ0n) is 17.6. The maximum absolute atomic E-state index is 12.9. The molecule has 2 aromatic rings. The normalized spacial score (nSPS) is 27.4. The third kappa shape index (κ3) is 3.31. The van der Waals surface area contributed by atoms with Gasteiger partial charge in [-0.3, -0.25) is 14.8 Å². The van der Waals surface area contributed by atoms with Crippen molar-refractivity contribution in [2.45, 2.75) is 64.5 Å². The standard InChI is InChI=1S/C20H25N5O2.C2H6/c1-2-13-15(4-3-5-17-21-9-11-27-17)23-24-18(13)19(26)22-16-12-25-10-8-20(25)7-6-14(16)20;1-2/h3-4,9,11,14,16H,2,5-8,10,12H2,1H3,(H,22,26)(H,23,24);1-2H3/b4-3-;. The fraction of sp³-hybridized carbons (Fsp3) is 0.591. The zero-order valence-corrected chi connectivity index (χ0v) is 17.6. The van der Waals surface area contributed by atoms with E-state index in [2.05, 4.69) is 32.3 Å². The first-order chi connectivity index (χ1) is 14.2. The molecule has 1 saturated carbocycles. The van der Waals surface area contributed by atoms with Gasteiger partial charge in [0.25, 0.3) is 5.91 Å². The Bertz CT molecular complexity index is 868. The van der Waals surface area contributed by atoms with Gasteiger partial charge in [0.05, 0.1) is 11.9 Å². The molecule has 0 radical (unpaired) electrons. The summed E-state index contributed by atoms with van der Waals surface area (Å²) in [5.74, 6) is 1.24. The fourth-order valence-electron chi connectivity index (χ4n) is 5.19. The van der Waals surface area contributed by atoms with E-state index in [-0.39, 0.29) is 11.9 Å². The molecule has 3 unspecified atom stereocenters. The molecule has 2 saturated heterocycles. The van der Waals surface area contributed by atoms with E-state index in [4.69, 9.17) is 4.42 Å². The van der Waals surface area contributed by atoms with E-state index >= 15 is 0 Å². The molecule has 1 aliphatic carbocycles. The molecule has 29 heavy (non-hydrogen) atoms. The summed E-state index contributed by atoms with van der Waals surface area (Å²) in [5.41, 5.74) is 2.78. The molecule has 3 atom stereocenters. The summed E-state index contributed by atoms with van der Waals surface area (Å²) in [6, 6.07) is 0.263. The summed E-state index contributed by atoms with van der Waals surface area (Å²) in [4.78, 5) is 19.6. The van der Waals surface area contributed by atoms with Gasteiger partial charge in [-0.15, -0.1) is 0 Å². The smallest absolute Gasteiger partial charge is 0.272 e. The Balaban J connectivity index is 0.000000994. The molecule has 1 spiro atoms. The summed E-state index contributed by atoms with van der Waals surface area (Å²) >= 11 is 0. The van der Waals surface area contributed by atoms with Crippen LogP contribution in [0.3, 0.4) is 0 Å². The van der Waals surface area contributed by atoms with E-state index in [9.17, 15) is 4.79 Å². The van der Waals surface area contributed by atoms with Gasteiger partial charge in [0, 0.05) is 36.7 Å². The number of carbonyl (C=O) groups excluding carboxylic acids is 1. The number of aromatic nitrogens is 3. The monoisotopic (exact) mass is 397 g/mol. The Morgan fingerprint density at radius 1 is 1.45 bits per heavy atom. The summed E-state index contributed by atoms with van der Waals surface area (Å²) in [5, 5.41) is 10.6. The van der Waals surface area contributed by atoms with Crippen molar-refractivity contribution in [2.24, 2.45) is 5.92 Å². The number of oxazole rings is 1. The van der Waals surface area contributed by atoms with Gasteiger partial charge in [-0.1, -0.05) is 26.8 Å². The number of rotatable bonds is 6. The lowest BCUT2D eigenvalue weighted by Gasteiger charge is -2.58. The Labute approximate surface area is 172 Å². The van der Waals surface area contributed by atoms with Gasteiger partial charge in [0.2, 0.25) is 0 Å². The number of H-pyrrole nitrogens is 1. The molecule has 2 aliphatic heterocycles. The van der Waals surface area contributed by atoms with Gasteiger partial charge in [-0.2, -0.15) is 5.10 Å². The maximum atomic E-state index is 12.9. The van der Waals surface area contributed by atoms with E-state index in [0.29, 0.717) is 29.5 Å². The van der Waals surface area contributed by atoms with E-state index in [1.165, 1.54) is 25.8 Å². The number of nitrogens with one attached hydrogen (secondary N) is 2. The Hall–Kier alpha value is -2.41. The zero-order chi connectivity index (χ0) is 20.4. The number of hydrogen-bond donors (Lipinski definition) is 2. The Kier molecular flexibility index (Phi) is 5.58. The molecular weight excluding hydrogens is 366 g/mol. The van der Waals surface area contributed by atoms with E-state index in [0.717, 1.165) is 24.2 Å². The van der Waals surface area contributed by atoms with Crippen LogP contribution < -0.4 is 5.32 Å². The maximum Gasteiger partial charge on any atom is 0.272 e. The van der Waals surface area contributed by atoms with Gasteiger partial charge >= 0.3 is 0 Å². The van der Waals surface area contributed by atoms with Crippen molar-refractivity contribution in [2.75, 3.05) is 13.1 Å². The molecular formula is C22H31N5O2. The molecule has 3 fully saturated rings. The minimum Gasteiger partial charge on any atom is -0.449 e. The van der Waals surface area contributed by atoms with Gasteiger partial charge in [0.1, 0.15) is 6.26 Å². The molecule has 7 heteroatoms. The summed E-state index contributed by atoms with van der Waals surface area (Å²) in [7, 11) is 0. The Morgan fingerprint density at radius 3 is 2.90 bits per heavy atom. The number of amides is 1. The van der Waals surface area contributed by atoms with Crippen molar-refractivity contribution in [3.05, 3.63) is 41.4 Å². The first kappa shape index (κ1) is 19.9. The van der Waals surface area contributed by atoms with Crippen molar-refractivity contribution in [1.82, 2.24) is 25.4 Å². The predicted molar refractivity (Wildman–Crippen MR) is 111 cm³/mol. The van der Waals surface area contributed by atoms with Crippen LogP contribution in [0.4, 0.5) is 0 Å². The first-order valence-corrected chi connectivity index (χ1v) is 10.9. The van der Waals surface area contributed by atoms with Crippen LogP contribution in [0.2, 0.25) is 0 Å². The van der Waals surface area contributed by atoms with E-state index < -0.39 is 0 Å². The SMILES string of the molecule is CC.CCc1c(C(=O)NC2CN3CCC34CCC24)n[nH]c1/C=C\Cc1ncco1. The number of hydrogen-bond acceptors (Lipinski definition) is 5. The van der Waals surface area contributed by atoms with Crippen molar-refractivity contribution in [3.8, 4) is 0 Å². The summed E-state index contributed by atoms with van der Waals surface area (Å²) in [6.07, 6.45) is 12.3. The molecule has 0 aromatic carbocycles. The van der Waals surface area contributed by atoms with Crippen LogP contribution in [-0.4, -0.2) is 50.7 Å². The fourth-order valence-corrected chi connectivity index (χ4v) is 5.19. The minimum absolute atomic E-state index is 0.0509. The summed E-state index contributed by atoms with van der Waals surface area (Å²) in [6.45, 7) is 8.23. The molecule has 0 bridgehead atoms. The van der Waals surface area contributed by atoms with Crippen LogP contribution >= 0.6 is 0 Å². The second-order valence-electron chi connectivity index (χ2n) is 7.88. The number of nitrogens with zero attached hydrogens (tertiary/aromatic N) is 3. The van der Waals surface area contributed by atoms with Gasteiger partial charge in [0.15, 0.2) is 11.6 Å². The molecule has 2 N–H and O–H groups in total. The van der Waals surface area contributed by atoms with Crippen molar-refractivity contribution >= 4 is 12.0 Å². The van der Waals surface area contributed by atoms with Crippen molar-refractivity contribution < 1.29 is 9.21 Å². The largest absolute Gasteiger partial charge is 0.449 e. The highest BCUT2D eigenvalue weighted by Crippen LogP contribution is 2.57. The van der Waals surface area contributed by atoms with Crippen LogP contribution in [0.25, 0.3) is 6.08 Å². The third-order valence-corrected chi connectivity index (χ3v) is 6.77. The average Bonchev–Trinajstić information content (AvgIpc) is 3.37. The number of aromatic amines is 1. The molecule has 3 aliphatic rings. The quantitative estimate of drug-likeness (QED) is 0.782. The number of allylic oxidation sites excluding steroid dienone is 1. The highest BCUT2D eigenvalue weighted by molar-refractivity contribution is 5.94. The lowest BCUT2D eigenvalue weighted by molar-refractivity contribution is -0.0676. The lowest BCUT2D eigenvalue weighted by Crippen LogP contribution is -2.64. The second kappa shape index (κ2) is 8.14. The topological polar surface area (TPSA) is 87.0 Å². The summed E-state index contributed by atoms with van der Waals surface area (Å²) < 4.78 is 5.24. The first-order valence-electron chi connectivity index (χ1n) is 10.9. The molecule has 7 nitrogen and oxygen atoms in total. The third-order valence-electron chi connectivity index (χ3n) is 6.77. The second-order valence-corrected chi connectivity index (χ2v) is 7.88. The van der Waals surface area contributed by atoms with Gasteiger partial charge in [-0.05, 0) is 37.7 Å². The average molecular weight is 398 g/mol. The minimum atomic E-state index is -0.0509. The molecule has 2 aromatic heterocycles. The predicted octanol–water partition coefficient (Wildman–Crippen LogP) is 3.21. The van der Waals surface area contributed by atoms with Crippen LogP contribution in [0, 0.1) is 5.92 Å². The lowest BCUT2D eigenvalue weighted by atomic mass is 9.61. The van der Waals surface area contributed by atoms with Crippen LogP contribution in [0.15, 0.2) is 23.0 Å². The van der Waals surface area contributed by atoms with E-state index in [1.54, 1.807) is 12.5 Å². The highest BCUT2D eigenvalue weighted by Gasteiger charge is 2.63. The van der Waals surface area contributed by atoms with Crippen LogP contribution in [0.5, 0.6) is 0 Å². The van der Waals surface area contributed by atoms with E-state index in [1.807, 2.05) is 26.0 Å². The Morgan fingerprint density at radius 2 is 2.31 bits per heavy atom. The van der Waals surface area contributed by atoms with Crippen molar-refractivity contribution in [3.63, 3.8) is 0 Å². The van der Waals surface area contributed by atoms with Crippen molar-refractivity contribution in [1.29, 1.82) is 0 Å². The van der Waals surface area contributed by atoms with Gasteiger partial charge < -0.3 is 9.73 Å². The molecule has 4 heterocycles. The van der Waals surface area contributed by atoms with Crippen LogP contribution in [-0.2, 0) is 12.8 Å². The van der Waals surface area contributed by atoms with Crippen LogP contribution in [0.1, 0.15) is 67.7 Å². The molecule has 1 amide bonds. The van der Waals surface area contributed by atoms with Gasteiger partial charge in [-0.25, -0.2) is 4.98 Å².